The summed E-state index contributed by atoms with van der Waals surface area (Å²) in [7, 11) is 0. The second-order valence-corrected chi connectivity index (χ2v) is 2.84. The van der Waals surface area contributed by atoms with E-state index in [0.29, 0.717) is 5.56 Å². The van der Waals surface area contributed by atoms with Gasteiger partial charge in [-0.3, -0.25) is 9.78 Å². The molecule has 0 aliphatic carbocycles. The van der Waals surface area contributed by atoms with Crippen LogP contribution in [-0.4, -0.2) is 22.0 Å². The van der Waals surface area contributed by atoms with Crippen LogP contribution < -0.4 is 5.73 Å². The molecule has 78 valence electrons. The maximum absolute atomic E-state index is 10.8. The third-order valence-corrected chi connectivity index (χ3v) is 1.70. The van der Waals surface area contributed by atoms with Crippen LogP contribution in [0.15, 0.2) is 24.5 Å². The molecule has 1 amide bonds. The number of amides is 1. The zero-order valence-corrected chi connectivity index (χ0v) is 7.88. The molecular weight excluding hydrogens is 196 g/mol. The van der Waals surface area contributed by atoms with Gasteiger partial charge in [0.25, 0.3) is 0 Å². The SMILES string of the molecule is NC(=O)CC=Cc1cnccc1C(=O)O. The van der Waals surface area contributed by atoms with Crippen LogP contribution in [0, 0.1) is 0 Å². The number of primary amides is 1. The lowest BCUT2D eigenvalue weighted by atomic mass is 10.1. The second kappa shape index (κ2) is 4.90. The van der Waals surface area contributed by atoms with Gasteiger partial charge in [-0.15, -0.1) is 0 Å². The predicted octanol–water partition coefficient (Wildman–Crippen LogP) is 0.668. The van der Waals surface area contributed by atoms with E-state index < -0.39 is 11.9 Å². The summed E-state index contributed by atoms with van der Waals surface area (Å²) in [5.41, 5.74) is 5.53. The van der Waals surface area contributed by atoms with Crippen molar-refractivity contribution in [1.29, 1.82) is 0 Å². The molecule has 1 aromatic heterocycles. The molecule has 5 nitrogen and oxygen atoms in total. The highest BCUT2D eigenvalue weighted by molar-refractivity contribution is 5.92. The van der Waals surface area contributed by atoms with E-state index in [0.717, 1.165) is 0 Å². The Kier molecular flexibility index (Phi) is 3.56. The minimum atomic E-state index is -1.03. The minimum absolute atomic E-state index is 0.0773. The average Bonchev–Trinajstić information content (AvgIpc) is 2.17. The molecule has 0 spiro atoms. The summed E-state index contributed by atoms with van der Waals surface area (Å²) >= 11 is 0. The molecule has 15 heavy (non-hydrogen) atoms. The highest BCUT2D eigenvalue weighted by Gasteiger charge is 2.06. The van der Waals surface area contributed by atoms with Gasteiger partial charge in [0.1, 0.15) is 0 Å². The third-order valence-electron chi connectivity index (χ3n) is 1.70. The number of pyridine rings is 1. The first-order valence-electron chi connectivity index (χ1n) is 4.23. The maximum Gasteiger partial charge on any atom is 0.336 e. The highest BCUT2D eigenvalue weighted by Crippen LogP contribution is 2.09. The zero-order chi connectivity index (χ0) is 11.3. The summed E-state index contributed by atoms with van der Waals surface area (Å²) in [5, 5.41) is 8.82. The van der Waals surface area contributed by atoms with Crippen LogP contribution in [0.25, 0.3) is 6.08 Å². The number of aromatic carboxylic acids is 1. The van der Waals surface area contributed by atoms with Crippen molar-refractivity contribution >= 4 is 18.0 Å². The highest BCUT2D eigenvalue weighted by atomic mass is 16.4. The molecule has 3 N–H and O–H groups in total. The van der Waals surface area contributed by atoms with Crippen LogP contribution in [0.3, 0.4) is 0 Å². The van der Waals surface area contributed by atoms with Gasteiger partial charge in [0.05, 0.1) is 5.56 Å². The van der Waals surface area contributed by atoms with Crippen molar-refractivity contribution in [2.75, 3.05) is 0 Å². The first kappa shape index (κ1) is 10.9. The second-order valence-electron chi connectivity index (χ2n) is 2.84. The van der Waals surface area contributed by atoms with E-state index >= 15 is 0 Å². The van der Waals surface area contributed by atoms with Crippen LogP contribution >= 0.6 is 0 Å². The molecule has 1 heterocycles. The largest absolute Gasteiger partial charge is 0.478 e. The number of nitrogens with zero attached hydrogens (tertiary/aromatic N) is 1. The van der Waals surface area contributed by atoms with Gasteiger partial charge in [-0.1, -0.05) is 12.2 Å². The summed E-state index contributed by atoms with van der Waals surface area (Å²) in [4.78, 5) is 25.0. The molecule has 0 atom stereocenters. The molecule has 0 saturated carbocycles. The average molecular weight is 206 g/mol. The zero-order valence-electron chi connectivity index (χ0n) is 7.88. The minimum Gasteiger partial charge on any atom is -0.478 e. The van der Waals surface area contributed by atoms with E-state index in [1.165, 1.54) is 30.6 Å². The molecule has 0 radical (unpaired) electrons. The Morgan fingerprint density at radius 1 is 1.53 bits per heavy atom. The smallest absolute Gasteiger partial charge is 0.336 e. The number of rotatable bonds is 4. The molecule has 0 fully saturated rings. The van der Waals surface area contributed by atoms with E-state index in [1.807, 2.05) is 0 Å². The summed E-state index contributed by atoms with van der Waals surface area (Å²) in [5.74, 6) is -1.50. The topological polar surface area (TPSA) is 93.3 Å². The van der Waals surface area contributed by atoms with Crippen molar-refractivity contribution < 1.29 is 14.7 Å². The summed E-state index contributed by atoms with van der Waals surface area (Å²) < 4.78 is 0. The fraction of sp³-hybridized carbons (Fsp3) is 0.100. The Labute approximate surface area is 86.2 Å². The van der Waals surface area contributed by atoms with Gasteiger partial charge in [0.2, 0.25) is 5.91 Å². The molecule has 0 aliphatic rings. The van der Waals surface area contributed by atoms with Gasteiger partial charge in [-0.2, -0.15) is 0 Å². The number of nitrogens with two attached hydrogens (primary N) is 1. The number of hydrogen-bond acceptors (Lipinski definition) is 3. The standard InChI is InChI=1S/C10H10N2O3/c11-9(13)3-1-2-7-6-12-5-4-8(7)10(14)15/h1-2,4-6H,3H2,(H2,11,13)(H,14,15). The van der Waals surface area contributed by atoms with Gasteiger partial charge < -0.3 is 10.8 Å². The fourth-order valence-electron chi connectivity index (χ4n) is 1.04. The number of carboxylic acids is 1. The molecule has 0 aliphatic heterocycles. The van der Waals surface area contributed by atoms with Gasteiger partial charge in [0.15, 0.2) is 0 Å². The Bertz CT molecular complexity index is 413. The van der Waals surface area contributed by atoms with E-state index in [4.69, 9.17) is 10.8 Å². The normalized spacial score (nSPS) is 10.4. The van der Waals surface area contributed by atoms with Gasteiger partial charge in [-0.25, -0.2) is 4.79 Å². The van der Waals surface area contributed by atoms with E-state index in [2.05, 4.69) is 4.98 Å². The number of carbonyl (C=O) groups is 2. The van der Waals surface area contributed by atoms with Gasteiger partial charge in [-0.05, 0) is 6.07 Å². The summed E-state index contributed by atoms with van der Waals surface area (Å²) in [6.45, 7) is 0. The number of aromatic nitrogens is 1. The lowest BCUT2D eigenvalue weighted by Crippen LogP contribution is -2.08. The Hall–Kier alpha value is -2.17. The Morgan fingerprint density at radius 2 is 2.27 bits per heavy atom. The fourth-order valence-corrected chi connectivity index (χ4v) is 1.04. The van der Waals surface area contributed by atoms with Crippen molar-refractivity contribution in [2.24, 2.45) is 5.73 Å². The number of carbonyl (C=O) groups excluding carboxylic acids is 1. The van der Waals surface area contributed by atoms with Crippen LogP contribution in [0.4, 0.5) is 0 Å². The van der Waals surface area contributed by atoms with Crippen molar-refractivity contribution in [2.45, 2.75) is 6.42 Å². The van der Waals surface area contributed by atoms with Crippen LogP contribution in [0.5, 0.6) is 0 Å². The Balaban J connectivity index is 2.89. The van der Waals surface area contributed by atoms with Crippen LogP contribution in [0.2, 0.25) is 0 Å². The van der Waals surface area contributed by atoms with Crippen LogP contribution in [-0.2, 0) is 4.79 Å². The van der Waals surface area contributed by atoms with E-state index in [-0.39, 0.29) is 12.0 Å². The molecular formula is C10H10N2O3. The van der Waals surface area contributed by atoms with Crippen molar-refractivity contribution in [3.05, 3.63) is 35.7 Å². The molecule has 0 unspecified atom stereocenters. The number of hydrogen-bond donors (Lipinski definition) is 2. The molecule has 0 saturated heterocycles. The third kappa shape index (κ3) is 3.22. The molecule has 1 rings (SSSR count). The summed E-state index contributed by atoms with van der Waals surface area (Å²) in [6, 6.07) is 1.40. The first-order chi connectivity index (χ1) is 7.11. The predicted molar refractivity (Wildman–Crippen MR) is 54.0 cm³/mol. The maximum atomic E-state index is 10.8. The van der Waals surface area contributed by atoms with Gasteiger partial charge in [0, 0.05) is 24.4 Å². The van der Waals surface area contributed by atoms with Gasteiger partial charge >= 0.3 is 5.97 Å². The first-order valence-corrected chi connectivity index (χ1v) is 4.23. The van der Waals surface area contributed by atoms with Crippen molar-refractivity contribution in [3.8, 4) is 0 Å². The lowest BCUT2D eigenvalue weighted by molar-refractivity contribution is -0.117. The van der Waals surface area contributed by atoms with Crippen molar-refractivity contribution in [1.82, 2.24) is 4.98 Å². The number of carboxylic acid groups (broad SMARTS) is 1. The molecule has 0 bridgehead atoms. The monoisotopic (exact) mass is 206 g/mol. The van der Waals surface area contributed by atoms with Crippen molar-refractivity contribution in [3.63, 3.8) is 0 Å². The van der Waals surface area contributed by atoms with Crippen LogP contribution in [0.1, 0.15) is 22.3 Å². The molecule has 0 aromatic carbocycles. The van der Waals surface area contributed by atoms with E-state index in [1.54, 1.807) is 0 Å². The molecule has 5 heteroatoms. The lowest BCUT2D eigenvalue weighted by Gasteiger charge is -1.98. The van der Waals surface area contributed by atoms with E-state index in [9.17, 15) is 9.59 Å². The summed E-state index contributed by atoms with van der Waals surface area (Å²) in [6.07, 6.45) is 5.91. The molecule has 1 aromatic rings. The Morgan fingerprint density at radius 3 is 2.87 bits per heavy atom. The quantitative estimate of drug-likeness (QED) is 0.757.